The second-order valence-corrected chi connectivity index (χ2v) is 12.3. The van der Waals surface area contributed by atoms with Crippen molar-refractivity contribution in [3.8, 4) is 11.5 Å². The highest BCUT2D eigenvalue weighted by Gasteiger charge is 2.33. The summed E-state index contributed by atoms with van der Waals surface area (Å²) in [6, 6.07) is 19.9. The van der Waals surface area contributed by atoms with E-state index in [2.05, 4.69) is 5.32 Å². The largest absolute Gasteiger partial charge is 0.493 e. The molecule has 226 valence electrons. The number of halogens is 1. The first kappa shape index (κ1) is 32.8. The Bertz CT molecular complexity index is 1450. The molecule has 0 bridgehead atoms. The zero-order valence-electron chi connectivity index (χ0n) is 24.5. The maximum absolute atomic E-state index is 14.2. The molecule has 1 N–H and O–H groups in total. The fourth-order valence-electron chi connectivity index (χ4n) is 4.38. The SMILES string of the molecule is CC[C@@H](C)NC(=O)[C@@H](Cc1ccccc1)N(Cc1ccc(Cl)cc1)C(=O)CN(c1ccc(OC)c(OC)c1)S(C)(=O)=O. The second-order valence-electron chi connectivity index (χ2n) is 9.98. The number of hydrogen-bond donors (Lipinski definition) is 1. The average Bonchev–Trinajstić information content (AvgIpc) is 2.97. The number of nitrogens with zero attached hydrogens (tertiary/aromatic N) is 2. The molecule has 0 radical (unpaired) electrons. The van der Waals surface area contributed by atoms with Crippen molar-refractivity contribution in [1.29, 1.82) is 0 Å². The zero-order chi connectivity index (χ0) is 30.9. The normalized spacial score (nSPS) is 12.6. The minimum Gasteiger partial charge on any atom is -0.493 e. The molecule has 0 saturated heterocycles. The monoisotopic (exact) mass is 615 g/mol. The van der Waals surface area contributed by atoms with E-state index in [1.165, 1.54) is 31.3 Å². The van der Waals surface area contributed by atoms with E-state index < -0.39 is 28.5 Å². The average molecular weight is 616 g/mol. The van der Waals surface area contributed by atoms with Gasteiger partial charge in [0.15, 0.2) is 11.5 Å². The summed E-state index contributed by atoms with van der Waals surface area (Å²) in [5.41, 5.74) is 1.81. The van der Waals surface area contributed by atoms with Crippen molar-refractivity contribution in [1.82, 2.24) is 10.2 Å². The minimum absolute atomic E-state index is 0.0605. The molecule has 3 rings (SSSR count). The lowest BCUT2D eigenvalue weighted by Gasteiger charge is -2.34. The van der Waals surface area contributed by atoms with Crippen molar-refractivity contribution in [2.24, 2.45) is 0 Å². The summed E-state index contributed by atoms with van der Waals surface area (Å²) in [4.78, 5) is 29.3. The molecular weight excluding hydrogens is 578 g/mol. The number of ether oxygens (including phenoxy) is 2. The molecule has 0 fully saturated rings. The molecule has 0 spiro atoms. The van der Waals surface area contributed by atoms with Crippen LogP contribution in [0, 0.1) is 0 Å². The Kier molecular flexibility index (Phi) is 11.6. The standard InChI is InChI=1S/C31H38ClN3O6S/c1-6-22(2)33-31(37)27(18-23-10-8-7-9-11-23)34(20-24-12-14-25(32)15-13-24)30(36)21-35(42(5,38)39)26-16-17-28(40-3)29(19-26)41-4/h7-17,19,22,27H,6,18,20-21H2,1-5H3,(H,33,37)/t22-,27-/m1/s1. The van der Waals surface area contributed by atoms with Gasteiger partial charge in [0.1, 0.15) is 12.6 Å². The number of carbonyl (C=O) groups excluding carboxylic acids is 2. The number of hydrogen-bond acceptors (Lipinski definition) is 6. The van der Waals surface area contributed by atoms with Crippen molar-refractivity contribution in [2.45, 2.75) is 45.3 Å². The molecule has 9 nitrogen and oxygen atoms in total. The van der Waals surface area contributed by atoms with Gasteiger partial charge in [0.25, 0.3) is 0 Å². The number of amides is 2. The topological polar surface area (TPSA) is 105 Å². The summed E-state index contributed by atoms with van der Waals surface area (Å²) in [5, 5.41) is 3.54. The predicted molar refractivity (Wildman–Crippen MR) is 166 cm³/mol. The molecule has 0 aliphatic carbocycles. The number of nitrogens with one attached hydrogen (secondary N) is 1. The molecule has 0 heterocycles. The van der Waals surface area contributed by atoms with Crippen LogP contribution in [0.1, 0.15) is 31.4 Å². The van der Waals surface area contributed by atoms with Gasteiger partial charge in [-0.1, -0.05) is 61.0 Å². The van der Waals surface area contributed by atoms with E-state index in [1.54, 1.807) is 30.3 Å². The number of carbonyl (C=O) groups is 2. The third-order valence-electron chi connectivity index (χ3n) is 6.87. The lowest BCUT2D eigenvalue weighted by molar-refractivity contribution is -0.140. The maximum atomic E-state index is 14.2. The van der Waals surface area contributed by atoms with Crippen molar-refractivity contribution in [3.05, 3.63) is 88.9 Å². The molecule has 0 aromatic heterocycles. The van der Waals surface area contributed by atoms with Crippen molar-refractivity contribution in [2.75, 3.05) is 31.3 Å². The fourth-order valence-corrected chi connectivity index (χ4v) is 5.34. The fraction of sp³-hybridized carbons (Fsp3) is 0.355. The Labute approximate surface area is 253 Å². The predicted octanol–water partition coefficient (Wildman–Crippen LogP) is 4.68. The van der Waals surface area contributed by atoms with Crippen LogP contribution in [0.5, 0.6) is 11.5 Å². The highest BCUT2D eigenvalue weighted by atomic mass is 35.5. The minimum atomic E-state index is -3.93. The molecule has 3 aromatic carbocycles. The van der Waals surface area contributed by atoms with Gasteiger partial charge in [0.2, 0.25) is 21.8 Å². The van der Waals surface area contributed by atoms with Crippen LogP contribution in [0.25, 0.3) is 0 Å². The first-order valence-electron chi connectivity index (χ1n) is 13.5. The van der Waals surface area contributed by atoms with E-state index in [9.17, 15) is 18.0 Å². The molecular formula is C31H38ClN3O6S. The lowest BCUT2D eigenvalue weighted by Crippen LogP contribution is -2.54. The van der Waals surface area contributed by atoms with Crippen LogP contribution in [0.3, 0.4) is 0 Å². The van der Waals surface area contributed by atoms with Crippen LogP contribution in [0.15, 0.2) is 72.8 Å². The summed E-state index contributed by atoms with van der Waals surface area (Å²) >= 11 is 6.10. The number of methoxy groups -OCH3 is 2. The van der Waals surface area contributed by atoms with Gasteiger partial charge in [-0.15, -0.1) is 0 Å². The Balaban J connectivity index is 2.07. The van der Waals surface area contributed by atoms with Gasteiger partial charge in [0.05, 0.1) is 26.2 Å². The van der Waals surface area contributed by atoms with E-state index in [0.717, 1.165) is 21.7 Å². The van der Waals surface area contributed by atoms with Crippen molar-refractivity contribution < 1.29 is 27.5 Å². The van der Waals surface area contributed by atoms with Crippen LogP contribution >= 0.6 is 11.6 Å². The molecule has 0 aliphatic rings. The molecule has 3 aromatic rings. The first-order valence-corrected chi connectivity index (χ1v) is 15.8. The van der Waals surface area contributed by atoms with Gasteiger partial charge in [-0.2, -0.15) is 0 Å². The van der Waals surface area contributed by atoms with Gasteiger partial charge in [-0.3, -0.25) is 13.9 Å². The maximum Gasteiger partial charge on any atom is 0.244 e. The highest BCUT2D eigenvalue weighted by molar-refractivity contribution is 7.92. The van der Waals surface area contributed by atoms with E-state index in [-0.39, 0.29) is 30.6 Å². The summed E-state index contributed by atoms with van der Waals surface area (Å²) in [6.07, 6.45) is 1.96. The first-order chi connectivity index (χ1) is 20.0. The Morgan fingerprint density at radius 3 is 2.14 bits per heavy atom. The molecule has 2 amide bonds. The van der Waals surface area contributed by atoms with Crippen LogP contribution < -0.4 is 19.1 Å². The van der Waals surface area contributed by atoms with Gasteiger partial charge in [-0.05, 0) is 48.7 Å². The smallest absolute Gasteiger partial charge is 0.244 e. The van der Waals surface area contributed by atoms with Crippen molar-refractivity contribution >= 4 is 39.1 Å². The lowest BCUT2D eigenvalue weighted by atomic mass is 10.0. The quantitative estimate of drug-likeness (QED) is 0.282. The Morgan fingerprint density at radius 2 is 1.57 bits per heavy atom. The number of rotatable bonds is 14. The summed E-state index contributed by atoms with van der Waals surface area (Å²) < 4.78 is 37.7. The van der Waals surface area contributed by atoms with Crippen LogP contribution in [-0.4, -0.2) is 64.2 Å². The highest BCUT2D eigenvalue weighted by Crippen LogP contribution is 2.32. The third-order valence-corrected chi connectivity index (χ3v) is 8.27. The summed E-state index contributed by atoms with van der Waals surface area (Å²) in [7, 11) is -1.01. The molecule has 0 saturated carbocycles. The summed E-state index contributed by atoms with van der Waals surface area (Å²) in [5.74, 6) is -0.156. The molecule has 2 atom stereocenters. The van der Waals surface area contributed by atoms with Gasteiger partial charge in [-0.25, -0.2) is 8.42 Å². The number of sulfonamides is 1. The van der Waals surface area contributed by atoms with Gasteiger partial charge in [0, 0.05) is 30.1 Å². The van der Waals surface area contributed by atoms with Crippen LogP contribution in [0.4, 0.5) is 5.69 Å². The second kappa shape index (κ2) is 14.9. The van der Waals surface area contributed by atoms with Crippen LogP contribution in [0.2, 0.25) is 5.02 Å². The van der Waals surface area contributed by atoms with Crippen molar-refractivity contribution in [3.63, 3.8) is 0 Å². The molecule has 11 heteroatoms. The molecule has 0 unspecified atom stereocenters. The van der Waals surface area contributed by atoms with Crippen LogP contribution in [-0.2, 0) is 32.6 Å². The Hall–Kier alpha value is -3.76. The Morgan fingerprint density at radius 1 is 0.929 bits per heavy atom. The zero-order valence-corrected chi connectivity index (χ0v) is 26.1. The van der Waals surface area contributed by atoms with E-state index in [0.29, 0.717) is 22.9 Å². The van der Waals surface area contributed by atoms with Gasteiger partial charge < -0.3 is 19.7 Å². The molecule has 42 heavy (non-hydrogen) atoms. The van der Waals surface area contributed by atoms with Gasteiger partial charge >= 0.3 is 0 Å². The number of benzene rings is 3. The van der Waals surface area contributed by atoms with E-state index >= 15 is 0 Å². The van der Waals surface area contributed by atoms with E-state index in [1.807, 2.05) is 44.2 Å². The summed E-state index contributed by atoms with van der Waals surface area (Å²) in [6.45, 7) is 3.38. The third kappa shape index (κ3) is 8.87. The number of anilines is 1. The molecule has 0 aliphatic heterocycles. The van der Waals surface area contributed by atoms with E-state index in [4.69, 9.17) is 21.1 Å².